The molecule has 0 radical (unpaired) electrons. The Balaban J connectivity index is 1.50. The van der Waals surface area contributed by atoms with Crippen molar-refractivity contribution in [2.24, 2.45) is 0 Å². The third-order valence-electron chi connectivity index (χ3n) is 3.77. The van der Waals surface area contributed by atoms with Crippen molar-refractivity contribution < 1.29 is 9.15 Å². The van der Waals surface area contributed by atoms with Gasteiger partial charge in [0, 0.05) is 29.6 Å². The third-order valence-corrected chi connectivity index (χ3v) is 3.77. The topological polar surface area (TPSA) is 123 Å². The minimum absolute atomic E-state index is 0.159. The molecule has 3 heterocycles. The molecule has 4 aromatic rings. The van der Waals surface area contributed by atoms with Crippen LogP contribution in [0.25, 0.3) is 11.3 Å². The summed E-state index contributed by atoms with van der Waals surface area (Å²) < 4.78 is 10.8. The monoisotopic (exact) mass is 370 g/mol. The lowest BCUT2D eigenvalue weighted by atomic mass is 10.2. The van der Waals surface area contributed by atoms with Gasteiger partial charge in [-0.05, 0) is 36.4 Å². The molecule has 4 rings (SSSR count). The third kappa shape index (κ3) is 3.89. The Morgan fingerprint density at radius 2 is 1.89 bits per heavy atom. The molecule has 0 atom stereocenters. The quantitative estimate of drug-likeness (QED) is 0.538. The molecule has 3 N–H and O–H groups in total. The van der Waals surface area contributed by atoms with Crippen LogP contribution in [0.3, 0.4) is 0 Å². The average molecular weight is 370 g/mol. The maximum Gasteiger partial charge on any atom is 0.222 e. The highest BCUT2D eigenvalue weighted by molar-refractivity contribution is 5.66. The highest BCUT2D eigenvalue weighted by Gasteiger charge is 2.07. The van der Waals surface area contributed by atoms with E-state index in [1.54, 1.807) is 48.9 Å². The smallest absolute Gasteiger partial charge is 0.222 e. The fourth-order valence-electron chi connectivity index (χ4n) is 2.51. The summed E-state index contributed by atoms with van der Waals surface area (Å²) in [5, 5.41) is 12.1. The van der Waals surface area contributed by atoms with E-state index in [1.807, 2.05) is 18.2 Å². The molecular weight excluding hydrogens is 356 g/mol. The molecule has 3 aromatic heterocycles. The van der Waals surface area contributed by atoms with Gasteiger partial charge in [0.15, 0.2) is 0 Å². The summed E-state index contributed by atoms with van der Waals surface area (Å²) in [7, 11) is 0. The van der Waals surface area contributed by atoms with E-state index < -0.39 is 0 Å². The highest BCUT2D eigenvalue weighted by Crippen LogP contribution is 2.26. The van der Waals surface area contributed by atoms with Crippen LogP contribution in [0, 0.1) is 11.3 Å². The van der Waals surface area contributed by atoms with E-state index in [0.29, 0.717) is 28.7 Å². The second kappa shape index (κ2) is 7.47. The molecule has 0 aliphatic heterocycles. The summed E-state index contributed by atoms with van der Waals surface area (Å²) in [4.78, 5) is 12.3. The maximum absolute atomic E-state index is 8.90. The first-order valence-electron chi connectivity index (χ1n) is 8.28. The summed E-state index contributed by atoms with van der Waals surface area (Å²) in [5.74, 6) is 1.89. The van der Waals surface area contributed by atoms with E-state index in [-0.39, 0.29) is 5.95 Å². The molecule has 8 heteroatoms. The van der Waals surface area contributed by atoms with E-state index >= 15 is 0 Å². The second-order valence-corrected chi connectivity index (χ2v) is 5.75. The van der Waals surface area contributed by atoms with Crippen molar-refractivity contribution in [1.29, 1.82) is 5.26 Å². The molecule has 0 fully saturated rings. The molecule has 0 saturated carbocycles. The Bertz CT molecular complexity index is 1130. The summed E-state index contributed by atoms with van der Waals surface area (Å²) in [6, 6.07) is 16.1. The number of pyridine rings is 1. The van der Waals surface area contributed by atoms with Crippen molar-refractivity contribution in [3.8, 4) is 28.8 Å². The fraction of sp³-hybridized carbons (Fsp3) is 0. The van der Waals surface area contributed by atoms with Gasteiger partial charge >= 0.3 is 0 Å². The standard InChI is InChI=1S/C20H14N6O2/c21-11-15-9-17(5-7-23-15)28-16-3-1-14(2-4-16)24-19-10-18(25-20(22)26-19)13-6-8-27-12-13/h1-10,12H,(H3,22,24,25,26). The Morgan fingerprint density at radius 3 is 2.64 bits per heavy atom. The molecule has 0 spiro atoms. The Kier molecular flexibility index (Phi) is 4.55. The summed E-state index contributed by atoms with van der Waals surface area (Å²) >= 11 is 0. The van der Waals surface area contributed by atoms with Crippen LogP contribution in [0.5, 0.6) is 11.5 Å². The Morgan fingerprint density at radius 1 is 1.04 bits per heavy atom. The van der Waals surface area contributed by atoms with Crippen LogP contribution in [-0.2, 0) is 0 Å². The second-order valence-electron chi connectivity index (χ2n) is 5.75. The number of ether oxygens (including phenoxy) is 1. The van der Waals surface area contributed by atoms with Gasteiger partial charge in [0.1, 0.15) is 29.1 Å². The van der Waals surface area contributed by atoms with Gasteiger partial charge in [-0.15, -0.1) is 0 Å². The van der Waals surface area contributed by atoms with Crippen molar-refractivity contribution in [3.05, 3.63) is 72.9 Å². The minimum atomic E-state index is 0.159. The molecular formula is C20H14N6O2. The number of hydrogen-bond acceptors (Lipinski definition) is 8. The van der Waals surface area contributed by atoms with Crippen molar-refractivity contribution in [2.45, 2.75) is 0 Å². The van der Waals surface area contributed by atoms with Gasteiger partial charge in [-0.3, -0.25) is 0 Å². The van der Waals surface area contributed by atoms with Gasteiger partial charge in [0.2, 0.25) is 5.95 Å². The van der Waals surface area contributed by atoms with Crippen molar-refractivity contribution in [3.63, 3.8) is 0 Å². The number of aromatic nitrogens is 3. The van der Waals surface area contributed by atoms with E-state index in [4.69, 9.17) is 20.1 Å². The number of nitrogens with one attached hydrogen (secondary N) is 1. The molecule has 28 heavy (non-hydrogen) atoms. The first-order valence-corrected chi connectivity index (χ1v) is 8.28. The minimum Gasteiger partial charge on any atom is -0.472 e. The number of nitrogens with zero attached hydrogens (tertiary/aromatic N) is 4. The first-order chi connectivity index (χ1) is 13.7. The molecule has 136 valence electrons. The highest BCUT2D eigenvalue weighted by atomic mass is 16.5. The molecule has 1 aromatic carbocycles. The summed E-state index contributed by atoms with van der Waals surface area (Å²) in [5.41, 5.74) is 8.39. The molecule has 0 aliphatic rings. The van der Waals surface area contributed by atoms with Gasteiger partial charge in [-0.1, -0.05) is 0 Å². The van der Waals surface area contributed by atoms with Gasteiger partial charge in [0.25, 0.3) is 0 Å². The average Bonchev–Trinajstić information content (AvgIpc) is 3.24. The van der Waals surface area contributed by atoms with Crippen LogP contribution in [0.4, 0.5) is 17.5 Å². The number of hydrogen-bond donors (Lipinski definition) is 2. The number of furan rings is 1. The Hall–Kier alpha value is -4.38. The van der Waals surface area contributed by atoms with Crippen LogP contribution < -0.4 is 15.8 Å². The van der Waals surface area contributed by atoms with Crippen molar-refractivity contribution in [1.82, 2.24) is 15.0 Å². The number of rotatable bonds is 5. The zero-order chi connectivity index (χ0) is 19.3. The number of nitrogen functional groups attached to an aromatic ring is 1. The lowest BCUT2D eigenvalue weighted by molar-refractivity contribution is 0.482. The lowest BCUT2D eigenvalue weighted by Crippen LogP contribution is -2.01. The van der Waals surface area contributed by atoms with Gasteiger partial charge < -0.3 is 20.2 Å². The number of anilines is 3. The first kappa shape index (κ1) is 17.1. The van der Waals surface area contributed by atoms with E-state index in [0.717, 1.165) is 11.3 Å². The summed E-state index contributed by atoms with van der Waals surface area (Å²) in [6.07, 6.45) is 4.69. The number of benzene rings is 1. The summed E-state index contributed by atoms with van der Waals surface area (Å²) in [6.45, 7) is 0. The predicted molar refractivity (Wildman–Crippen MR) is 103 cm³/mol. The Labute approximate surface area is 160 Å². The molecule has 0 saturated heterocycles. The number of nitriles is 1. The number of nitrogens with two attached hydrogens (primary N) is 1. The zero-order valence-corrected chi connectivity index (χ0v) is 14.5. The van der Waals surface area contributed by atoms with Crippen LogP contribution >= 0.6 is 0 Å². The van der Waals surface area contributed by atoms with Crippen LogP contribution in [0.1, 0.15) is 5.69 Å². The van der Waals surface area contributed by atoms with Gasteiger partial charge in [0.05, 0.1) is 18.2 Å². The van der Waals surface area contributed by atoms with Gasteiger partial charge in [-0.2, -0.15) is 10.2 Å². The molecule has 0 bridgehead atoms. The van der Waals surface area contributed by atoms with Gasteiger partial charge in [-0.25, -0.2) is 9.97 Å². The van der Waals surface area contributed by atoms with E-state index in [2.05, 4.69) is 20.3 Å². The molecule has 8 nitrogen and oxygen atoms in total. The fourth-order valence-corrected chi connectivity index (χ4v) is 2.51. The van der Waals surface area contributed by atoms with Crippen molar-refractivity contribution in [2.75, 3.05) is 11.1 Å². The largest absolute Gasteiger partial charge is 0.472 e. The van der Waals surface area contributed by atoms with E-state index in [9.17, 15) is 0 Å². The van der Waals surface area contributed by atoms with E-state index in [1.165, 1.54) is 6.20 Å². The van der Waals surface area contributed by atoms with Crippen LogP contribution in [0.15, 0.2) is 71.7 Å². The zero-order valence-electron chi connectivity index (χ0n) is 14.5. The van der Waals surface area contributed by atoms with Crippen LogP contribution in [0.2, 0.25) is 0 Å². The normalized spacial score (nSPS) is 10.2. The predicted octanol–water partition coefficient (Wildman–Crippen LogP) is 4.12. The molecule has 0 unspecified atom stereocenters. The molecule has 0 aliphatic carbocycles. The maximum atomic E-state index is 8.90. The SMILES string of the molecule is N#Cc1cc(Oc2ccc(Nc3cc(-c4ccoc4)nc(N)n3)cc2)ccn1. The lowest BCUT2D eigenvalue weighted by Gasteiger charge is -2.09. The van der Waals surface area contributed by atoms with Crippen LogP contribution in [-0.4, -0.2) is 15.0 Å². The molecule has 0 amide bonds. The van der Waals surface area contributed by atoms with Crippen molar-refractivity contribution >= 4 is 17.5 Å².